The van der Waals surface area contributed by atoms with Crippen LogP contribution in [0, 0.1) is 10.1 Å². The van der Waals surface area contributed by atoms with E-state index in [-0.39, 0.29) is 18.3 Å². The molecule has 0 atom stereocenters. The molecule has 1 aromatic heterocycles. The van der Waals surface area contributed by atoms with Crippen LogP contribution in [0.15, 0.2) is 60.8 Å². The normalized spacial score (nSPS) is 15.9. The number of aromatic nitrogens is 3. The molecule has 0 bridgehead atoms. The van der Waals surface area contributed by atoms with Crippen molar-refractivity contribution in [3.05, 3.63) is 86.5 Å². The van der Waals surface area contributed by atoms with E-state index in [1.807, 2.05) is 24.3 Å². The summed E-state index contributed by atoms with van der Waals surface area (Å²) < 4.78 is 7.63. The third-order valence-corrected chi connectivity index (χ3v) is 6.30. The SMILES string of the molecule is O=[N+]([O-])N1CCN(c2ccc(OCC3=C(c4ccc(Cl)cc4Cl)OON3Cn3cncn3)cc2)CC1. The lowest BCUT2D eigenvalue weighted by Gasteiger charge is -2.31. The van der Waals surface area contributed by atoms with E-state index in [9.17, 15) is 10.1 Å². The van der Waals surface area contributed by atoms with Gasteiger partial charge >= 0.3 is 0 Å². The Morgan fingerprint density at radius 1 is 1.08 bits per heavy atom. The molecule has 0 radical (unpaired) electrons. The highest BCUT2D eigenvalue weighted by Crippen LogP contribution is 2.35. The molecule has 36 heavy (non-hydrogen) atoms. The Morgan fingerprint density at radius 2 is 1.86 bits per heavy atom. The summed E-state index contributed by atoms with van der Waals surface area (Å²) in [5.74, 6) is 1.03. The molecule has 3 heterocycles. The van der Waals surface area contributed by atoms with Crippen LogP contribution in [0.3, 0.4) is 0 Å². The monoisotopic (exact) mass is 533 g/mol. The number of hydrogen-bond acceptors (Lipinski definition) is 9. The average molecular weight is 534 g/mol. The van der Waals surface area contributed by atoms with E-state index in [1.165, 1.54) is 16.4 Å². The molecule has 14 heteroatoms. The lowest BCUT2D eigenvalue weighted by atomic mass is 10.1. The smallest absolute Gasteiger partial charge is 0.202 e. The Morgan fingerprint density at radius 3 is 2.53 bits per heavy atom. The first-order valence-corrected chi connectivity index (χ1v) is 11.7. The number of piperazine rings is 1. The number of benzene rings is 2. The Kier molecular flexibility index (Phi) is 6.98. The van der Waals surface area contributed by atoms with Gasteiger partial charge in [0.2, 0.25) is 5.76 Å². The fourth-order valence-electron chi connectivity index (χ4n) is 3.87. The van der Waals surface area contributed by atoms with Gasteiger partial charge in [-0.2, -0.15) is 10.2 Å². The summed E-state index contributed by atoms with van der Waals surface area (Å²) in [6.45, 7) is 2.22. The number of rotatable bonds is 8. The Bertz CT molecular complexity index is 1250. The summed E-state index contributed by atoms with van der Waals surface area (Å²) in [7, 11) is 0. The molecule has 0 saturated carbocycles. The lowest BCUT2D eigenvalue weighted by molar-refractivity contribution is -0.655. The molecule has 0 unspecified atom stereocenters. The van der Waals surface area contributed by atoms with Crippen molar-refractivity contribution < 1.29 is 19.6 Å². The van der Waals surface area contributed by atoms with Crippen LogP contribution in [0.5, 0.6) is 5.75 Å². The average Bonchev–Trinajstić information content (AvgIpc) is 3.53. The van der Waals surface area contributed by atoms with E-state index in [4.69, 9.17) is 37.8 Å². The molecule has 12 nitrogen and oxygen atoms in total. The molecule has 0 amide bonds. The molecular formula is C22H21Cl2N7O5. The third kappa shape index (κ3) is 5.25. The van der Waals surface area contributed by atoms with Gasteiger partial charge in [-0.05, 0) is 42.5 Å². The Hall–Kier alpha value is -3.74. The van der Waals surface area contributed by atoms with Crippen molar-refractivity contribution >= 4 is 34.6 Å². The first kappa shape index (κ1) is 24.0. The second kappa shape index (κ2) is 10.5. The van der Waals surface area contributed by atoms with Gasteiger partial charge in [-0.25, -0.2) is 19.8 Å². The third-order valence-electron chi connectivity index (χ3n) is 5.75. The minimum Gasteiger partial charge on any atom is -0.487 e. The molecule has 0 N–H and O–H groups in total. The topological polar surface area (TPSA) is 111 Å². The highest BCUT2D eigenvalue weighted by molar-refractivity contribution is 6.35. The molecule has 188 valence electrons. The summed E-state index contributed by atoms with van der Waals surface area (Å²) in [5, 5.41) is 18.3. The molecule has 1 saturated heterocycles. The molecule has 5 rings (SSSR count). The van der Waals surface area contributed by atoms with Gasteiger partial charge < -0.3 is 14.5 Å². The van der Waals surface area contributed by atoms with Crippen LogP contribution in [0.2, 0.25) is 10.0 Å². The predicted molar refractivity (Wildman–Crippen MR) is 130 cm³/mol. The number of hydrogen-bond donors (Lipinski definition) is 0. The van der Waals surface area contributed by atoms with Crippen LogP contribution in [-0.2, 0) is 16.5 Å². The zero-order valence-electron chi connectivity index (χ0n) is 18.9. The van der Waals surface area contributed by atoms with E-state index in [0.717, 1.165) is 5.69 Å². The van der Waals surface area contributed by atoms with E-state index in [1.54, 1.807) is 29.2 Å². The highest BCUT2D eigenvalue weighted by Gasteiger charge is 2.30. The number of halogens is 2. The fraction of sp³-hybridized carbons (Fsp3) is 0.273. The maximum atomic E-state index is 10.9. The summed E-state index contributed by atoms with van der Waals surface area (Å²) in [5.41, 5.74) is 2.17. The van der Waals surface area contributed by atoms with Crippen molar-refractivity contribution in [1.29, 1.82) is 0 Å². The Balaban J connectivity index is 1.31. The minimum absolute atomic E-state index is 0.115. The van der Waals surface area contributed by atoms with E-state index < -0.39 is 0 Å². The zero-order valence-corrected chi connectivity index (χ0v) is 20.4. The van der Waals surface area contributed by atoms with Gasteiger partial charge in [-0.15, -0.1) is 5.01 Å². The van der Waals surface area contributed by atoms with Crippen LogP contribution in [0.1, 0.15) is 5.56 Å². The van der Waals surface area contributed by atoms with Crippen molar-refractivity contribution in [3.63, 3.8) is 0 Å². The van der Waals surface area contributed by atoms with Crippen LogP contribution in [-0.4, -0.2) is 62.7 Å². The van der Waals surface area contributed by atoms with E-state index >= 15 is 0 Å². The van der Waals surface area contributed by atoms with Gasteiger partial charge in [-0.3, -0.25) is 0 Å². The second-order valence-corrected chi connectivity index (χ2v) is 8.82. The van der Waals surface area contributed by atoms with Gasteiger partial charge in [0.25, 0.3) is 0 Å². The van der Waals surface area contributed by atoms with Crippen molar-refractivity contribution in [2.24, 2.45) is 0 Å². The van der Waals surface area contributed by atoms with Gasteiger partial charge in [0.1, 0.15) is 37.4 Å². The first-order valence-electron chi connectivity index (χ1n) is 11.0. The van der Waals surface area contributed by atoms with Crippen LogP contribution >= 0.6 is 23.2 Å². The molecular weight excluding hydrogens is 513 g/mol. The number of anilines is 1. The summed E-state index contributed by atoms with van der Waals surface area (Å²) in [6, 6.07) is 12.6. The number of hydroxylamine groups is 2. The van der Waals surface area contributed by atoms with Gasteiger partial charge in [0.15, 0.2) is 5.03 Å². The van der Waals surface area contributed by atoms with Crippen molar-refractivity contribution in [1.82, 2.24) is 24.8 Å². The van der Waals surface area contributed by atoms with Crippen LogP contribution in [0.25, 0.3) is 5.76 Å². The molecule has 3 aromatic rings. The van der Waals surface area contributed by atoms with E-state index in [2.05, 4.69) is 15.0 Å². The number of ether oxygens (including phenoxy) is 1. The van der Waals surface area contributed by atoms with Gasteiger partial charge in [0, 0.05) is 29.4 Å². The highest BCUT2D eigenvalue weighted by atomic mass is 35.5. The van der Waals surface area contributed by atoms with Crippen LogP contribution in [0.4, 0.5) is 5.69 Å². The number of nitrogens with zero attached hydrogens (tertiary/aromatic N) is 7. The molecule has 2 aromatic carbocycles. The molecule has 2 aliphatic rings. The minimum atomic E-state index is -0.350. The summed E-state index contributed by atoms with van der Waals surface area (Å²) >= 11 is 12.5. The van der Waals surface area contributed by atoms with Gasteiger partial charge in [0.05, 0.1) is 18.1 Å². The number of nitro groups is 1. The maximum Gasteiger partial charge on any atom is 0.202 e. The van der Waals surface area contributed by atoms with Gasteiger partial charge in [-0.1, -0.05) is 28.2 Å². The molecule has 0 spiro atoms. The molecule has 2 aliphatic heterocycles. The number of hydrazine groups is 1. The Labute approximate surface area is 215 Å². The van der Waals surface area contributed by atoms with Crippen molar-refractivity contribution in [3.8, 4) is 5.75 Å². The largest absolute Gasteiger partial charge is 0.487 e. The standard InChI is InChI=1S/C22H21Cl2N7O5/c23-16-1-6-19(20(24)11-16)22-21(30(36-35-22)15-28-14-25-13-26-28)12-34-18-4-2-17(3-5-18)27-7-9-29(10-8-27)31(32)33/h1-6,11,13-14H,7-10,12,15H2. The quantitative estimate of drug-likeness (QED) is 0.242. The van der Waals surface area contributed by atoms with Crippen molar-refractivity contribution in [2.75, 3.05) is 37.7 Å². The maximum absolute atomic E-state index is 10.9. The first-order chi connectivity index (χ1) is 17.5. The predicted octanol–water partition coefficient (Wildman–Crippen LogP) is 3.48. The molecule has 1 fully saturated rings. The summed E-state index contributed by atoms with van der Waals surface area (Å²) in [6.07, 6.45) is 2.98. The van der Waals surface area contributed by atoms with Crippen LogP contribution < -0.4 is 9.64 Å². The second-order valence-electron chi connectivity index (χ2n) is 7.97. The lowest BCUT2D eigenvalue weighted by Crippen LogP contribution is -2.48. The fourth-order valence-corrected chi connectivity index (χ4v) is 4.36. The van der Waals surface area contributed by atoms with E-state index in [0.29, 0.717) is 59.0 Å². The zero-order chi connectivity index (χ0) is 25.1. The van der Waals surface area contributed by atoms with Crippen molar-refractivity contribution in [2.45, 2.75) is 6.67 Å². The summed E-state index contributed by atoms with van der Waals surface area (Å²) in [4.78, 5) is 28.0. The molecule has 0 aliphatic carbocycles.